The molecule has 0 aliphatic rings. The van der Waals surface area contributed by atoms with Crippen LogP contribution < -0.4 is 10.7 Å². The predicted molar refractivity (Wildman–Crippen MR) is 139 cm³/mol. The van der Waals surface area contributed by atoms with Crippen molar-refractivity contribution in [1.29, 1.82) is 0 Å². The van der Waals surface area contributed by atoms with Gasteiger partial charge in [-0.15, -0.1) is 0 Å². The summed E-state index contributed by atoms with van der Waals surface area (Å²) >= 11 is 0. The highest BCUT2D eigenvalue weighted by Gasteiger charge is 2.06. The second kappa shape index (κ2) is 8.41. The first kappa shape index (κ1) is 20.1. The van der Waals surface area contributed by atoms with E-state index in [4.69, 9.17) is 4.98 Å². The number of aromatic amines is 1. The lowest BCUT2D eigenvalue weighted by atomic mass is 10.1. The molecule has 4 nitrogen and oxygen atoms in total. The van der Waals surface area contributed by atoms with Crippen molar-refractivity contribution in [1.82, 2.24) is 19.9 Å². The molecule has 0 atom stereocenters. The SMILES string of the molecule is Cc1cccc2c(C=c3[nH]c(=Cc4cccc(-c5ccccc5)n4)c4ccccc34)ncnc12. The Hall–Kier alpha value is -4.57. The summed E-state index contributed by atoms with van der Waals surface area (Å²) in [6, 6.07) is 31.0. The number of benzene rings is 3. The topological polar surface area (TPSA) is 54.5 Å². The van der Waals surface area contributed by atoms with Crippen LogP contribution in [0.1, 0.15) is 17.0 Å². The maximum absolute atomic E-state index is 4.88. The van der Waals surface area contributed by atoms with Gasteiger partial charge in [0.1, 0.15) is 6.33 Å². The number of aromatic nitrogens is 4. The third kappa shape index (κ3) is 3.65. The number of hydrogen-bond acceptors (Lipinski definition) is 3. The number of pyridine rings is 1. The van der Waals surface area contributed by atoms with Gasteiger partial charge < -0.3 is 4.98 Å². The van der Waals surface area contributed by atoms with Crippen LogP contribution in [-0.4, -0.2) is 19.9 Å². The molecule has 34 heavy (non-hydrogen) atoms. The summed E-state index contributed by atoms with van der Waals surface area (Å²) < 4.78 is 0. The zero-order valence-electron chi connectivity index (χ0n) is 18.7. The van der Waals surface area contributed by atoms with Crippen molar-refractivity contribution in [2.45, 2.75) is 6.92 Å². The Kier molecular flexibility index (Phi) is 4.96. The summed E-state index contributed by atoms with van der Waals surface area (Å²) in [6.45, 7) is 2.08. The van der Waals surface area contributed by atoms with Crippen molar-refractivity contribution in [3.63, 3.8) is 0 Å². The largest absolute Gasteiger partial charge is 0.354 e. The smallest absolute Gasteiger partial charge is 0.116 e. The lowest BCUT2D eigenvalue weighted by molar-refractivity contribution is 1.19. The van der Waals surface area contributed by atoms with Crippen LogP contribution in [0.25, 0.3) is 45.1 Å². The maximum atomic E-state index is 4.88. The molecule has 0 saturated carbocycles. The molecule has 6 aromatic rings. The molecule has 3 heterocycles. The van der Waals surface area contributed by atoms with Crippen LogP contribution in [0.3, 0.4) is 0 Å². The van der Waals surface area contributed by atoms with E-state index in [1.807, 2.05) is 30.3 Å². The van der Waals surface area contributed by atoms with Gasteiger partial charge in [-0.25, -0.2) is 15.0 Å². The molecule has 0 aliphatic carbocycles. The molecular formula is C30H22N4. The van der Waals surface area contributed by atoms with E-state index in [1.54, 1.807) is 6.33 Å². The van der Waals surface area contributed by atoms with E-state index in [2.05, 4.69) is 94.7 Å². The Balaban J connectivity index is 1.54. The normalized spacial score (nSPS) is 12.6. The Bertz CT molecular complexity index is 1770. The van der Waals surface area contributed by atoms with Gasteiger partial charge in [0.25, 0.3) is 0 Å². The molecule has 0 unspecified atom stereocenters. The fourth-order valence-corrected chi connectivity index (χ4v) is 4.42. The van der Waals surface area contributed by atoms with Crippen LogP contribution in [0.4, 0.5) is 0 Å². The molecule has 4 heteroatoms. The third-order valence-electron chi connectivity index (χ3n) is 6.09. The molecule has 0 fully saturated rings. The van der Waals surface area contributed by atoms with Crippen LogP contribution in [0, 0.1) is 6.92 Å². The third-order valence-corrected chi connectivity index (χ3v) is 6.09. The van der Waals surface area contributed by atoms with E-state index in [0.717, 1.165) is 60.6 Å². The van der Waals surface area contributed by atoms with Crippen molar-refractivity contribution in [2.24, 2.45) is 0 Å². The van der Waals surface area contributed by atoms with Crippen molar-refractivity contribution in [3.05, 3.63) is 125 Å². The zero-order chi connectivity index (χ0) is 22.9. The molecule has 0 saturated heterocycles. The summed E-state index contributed by atoms with van der Waals surface area (Å²) in [4.78, 5) is 17.6. The summed E-state index contributed by atoms with van der Waals surface area (Å²) in [7, 11) is 0. The van der Waals surface area contributed by atoms with Crippen molar-refractivity contribution in [2.75, 3.05) is 0 Å². The van der Waals surface area contributed by atoms with Gasteiger partial charge in [0.2, 0.25) is 0 Å². The minimum atomic E-state index is 0.899. The summed E-state index contributed by atoms with van der Waals surface area (Å²) in [6.07, 6.45) is 5.85. The summed E-state index contributed by atoms with van der Waals surface area (Å²) in [5.74, 6) is 0. The number of fused-ring (bicyclic) bond motifs is 2. The van der Waals surface area contributed by atoms with Gasteiger partial charge in [0.15, 0.2) is 0 Å². The van der Waals surface area contributed by atoms with Crippen LogP contribution in [0.15, 0.2) is 97.3 Å². The van der Waals surface area contributed by atoms with Gasteiger partial charge >= 0.3 is 0 Å². The minimum Gasteiger partial charge on any atom is -0.354 e. The highest BCUT2D eigenvalue weighted by atomic mass is 14.8. The lowest BCUT2D eigenvalue weighted by Gasteiger charge is -2.02. The number of rotatable bonds is 3. The highest BCUT2D eigenvalue weighted by Crippen LogP contribution is 2.19. The van der Waals surface area contributed by atoms with E-state index in [-0.39, 0.29) is 0 Å². The molecule has 162 valence electrons. The molecule has 0 bridgehead atoms. The average molecular weight is 439 g/mol. The second-order valence-electron chi connectivity index (χ2n) is 8.33. The van der Waals surface area contributed by atoms with Gasteiger partial charge in [-0.05, 0) is 36.8 Å². The van der Waals surface area contributed by atoms with Crippen molar-refractivity contribution < 1.29 is 0 Å². The standard InChI is InChI=1S/C30H22N4/c1-20-9-7-15-25-27(31-19-32-30(20)25)18-29-24-14-6-5-13-23(24)28(34-29)17-22-12-8-16-26(33-22)21-10-3-2-4-11-21/h2-19,34H,1H3. The molecule has 3 aromatic carbocycles. The van der Waals surface area contributed by atoms with E-state index in [0.29, 0.717) is 0 Å². The Morgan fingerprint density at radius 3 is 2.18 bits per heavy atom. The van der Waals surface area contributed by atoms with E-state index >= 15 is 0 Å². The van der Waals surface area contributed by atoms with Gasteiger partial charge in [-0.1, -0.05) is 78.9 Å². The number of hydrogen-bond donors (Lipinski definition) is 1. The summed E-state index contributed by atoms with van der Waals surface area (Å²) in [5.41, 5.74) is 5.99. The van der Waals surface area contributed by atoms with Crippen LogP contribution >= 0.6 is 0 Å². The van der Waals surface area contributed by atoms with Crippen molar-refractivity contribution >= 4 is 33.8 Å². The monoisotopic (exact) mass is 438 g/mol. The molecule has 3 aromatic heterocycles. The first-order valence-corrected chi connectivity index (χ1v) is 11.3. The fourth-order valence-electron chi connectivity index (χ4n) is 4.42. The number of nitrogens with zero attached hydrogens (tertiary/aromatic N) is 3. The first-order chi connectivity index (χ1) is 16.8. The Morgan fingerprint density at radius 1 is 0.647 bits per heavy atom. The van der Waals surface area contributed by atoms with Crippen LogP contribution in [0.2, 0.25) is 0 Å². The first-order valence-electron chi connectivity index (χ1n) is 11.3. The van der Waals surface area contributed by atoms with Gasteiger partial charge in [-0.2, -0.15) is 0 Å². The second-order valence-corrected chi connectivity index (χ2v) is 8.33. The maximum Gasteiger partial charge on any atom is 0.116 e. The van der Waals surface area contributed by atoms with Gasteiger partial charge in [-0.3, -0.25) is 0 Å². The molecule has 0 radical (unpaired) electrons. The fraction of sp³-hybridized carbons (Fsp3) is 0.0333. The number of para-hydroxylation sites is 1. The molecule has 0 aliphatic heterocycles. The Labute approximate surface area is 197 Å². The average Bonchev–Trinajstić information content (AvgIpc) is 3.22. The summed E-state index contributed by atoms with van der Waals surface area (Å²) in [5, 5.41) is 5.38. The van der Waals surface area contributed by atoms with Crippen LogP contribution in [-0.2, 0) is 0 Å². The van der Waals surface area contributed by atoms with Crippen LogP contribution in [0.5, 0.6) is 0 Å². The zero-order valence-corrected chi connectivity index (χ0v) is 18.7. The molecule has 6 rings (SSSR count). The Morgan fingerprint density at radius 2 is 1.35 bits per heavy atom. The van der Waals surface area contributed by atoms with Gasteiger partial charge in [0.05, 0.1) is 22.6 Å². The number of H-pyrrole nitrogens is 1. The van der Waals surface area contributed by atoms with Crippen molar-refractivity contribution in [3.8, 4) is 11.3 Å². The molecule has 0 spiro atoms. The number of aryl methyl sites for hydroxylation is 1. The molecular weight excluding hydrogens is 416 g/mol. The quantitative estimate of drug-likeness (QED) is 0.416. The highest BCUT2D eigenvalue weighted by molar-refractivity contribution is 5.90. The van der Waals surface area contributed by atoms with E-state index in [9.17, 15) is 0 Å². The van der Waals surface area contributed by atoms with E-state index < -0.39 is 0 Å². The van der Waals surface area contributed by atoms with E-state index in [1.165, 1.54) is 0 Å². The molecule has 1 N–H and O–H groups in total. The predicted octanol–water partition coefficient (Wildman–Crippen LogP) is 5.14. The lowest BCUT2D eigenvalue weighted by Crippen LogP contribution is -2.11. The van der Waals surface area contributed by atoms with Gasteiger partial charge in [0, 0.05) is 32.4 Å². The number of nitrogens with one attached hydrogen (secondary N) is 1. The molecule has 0 amide bonds. The minimum absolute atomic E-state index is 0.899.